The van der Waals surface area contributed by atoms with E-state index in [9.17, 15) is 38.4 Å². The third-order valence-corrected chi connectivity index (χ3v) is 28.8. The van der Waals surface area contributed by atoms with Gasteiger partial charge in [0, 0.05) is 205 Å². The largest absolute Gasteiger partial charge is 0.497 e. The summed E-state index contributed by atoms with van der Waals surface area (Å²) in [5, 5.41) is 16.1. The lowest BCUT2D eigenvalue weighted by Gasteiger charge is -2.30. The number of hydrogen-bond acceptors (Lipinski definition) is 18. The summed E-state index contributed by atoms with van der Waals surface area (Å²) in [6, 6.07) is 65.5. The third kappa shape index (κ3) is 22.2. The van der Waals surface area contributed by atoms with E-state index in [1.807, 2.05) is 194 Å². The van der Waals surface area contributed by atoms with Crippen LogP contribution in [0.4, 0.5) is 0 Å². The average molecular weight is 2010 g/mol. The fraction of sp³-hybridized carbons (Fsp3) is 0.265. The number of likely N-dealkylation sites (tertiary alicyclic amines) is 5. The van der Waals surface area contributed by atoms with E-state index in [0.29, 0.717) is 63.9 Å². The molecule has 0 bridgehead atoms. The number of nitrogens with two attached hydrogens (primary N) is 3. The molecule has 6 aromatic carbocycles. The summed E-state index contributed by atoms with van der Waals surface area (Å²) in [5.41, 5.74) is 32.9. The first kappa shape index (κ1) is 99.6. The van der Waals surface area contributed by atoms with E-state index in [2.05, 4.69) is 119 Å². The van der Waals surface area contributed by atoms with Crippen LogP contribution >= 0.6 is 0 Å². The molecule has 0 unspecified atom stereocenters. The lowest BCUT2D eigenvalue weighted by molar-refractivity contribution is 0.0689. The maximum atomic E-state index is 12.9. The fourth-order valence-corrected chi connectivity index (χ4v) is 20.1. The van der Waals surface area contributed by atoms with E-state index in [4.69, 9.17) is 31.8 Å². The Morgan fingerprint density at radius 3 is 1.05 bits per heavy atom. The zero-order valence-electron chi connectivity index (χ0n) is 84.2. The molecule has 150 heavy (non-hydrogen) atoms. The molecule has 24 rings (SSSR count). The van der Waals surface area contributed by atoms with E-state index in [0.717, 1.165) is 258 Å². The second-order valence-corrected chi connectivity index (χ2v) is 39.0. The smallest absolute Gasteiger partial charge is 0.267 e. The van der Waals surface area contributed by atoms with Gasteiger partial charge in [0.1, 0.15) is 45.4 Å². The highest BCUT2D eigenvalue weighted by atomic mass is 16.5. The van der Waals surface area contributed by atoms with Gasteiger partial charge in [-0.15, -0.1) is 0 Å². The number of piperidine rings is 5. The molecular weight excluding hydrogens is 1890 g/mol. The van der Waals surface area contributed by atoms with E-state index in [1.165, 1.54) is 19.3 Å². The molecule has 0 aliphatic carbocycles. The van der Waals surface area contributed by atoms with Crippen molar-refractivity contribution in [2.75, 3.05) is 79.7 Å². The van der Waals surface area contributed by atoms with Crippen LogP contribution in [0.15, 0.2) is 287 Å². The van der Waals surface area contributed by atoms with Crippen LogP contribution in [0.3, 0.4) is 0 Å². The molecule has 5 aliphatic rings. The predicted molar refractivity (Wildman–Crippen MR) is 577 cm³/mol. The first-order chi connectivity index (χ1) is 73.0. The standard InChI is InChI=1S/2C28H27N5O2.2C21H22N4O2.C19H19N5O2/c1-35-25-8-5-20(6-9-25)19-33-26-10-7-24(16-22(26)18-30-33)32-14-11-21-15-23(17-29-27(21)32)28(34)31-12-3-2-4-13-31;1-35-25-8-5-20(6-9-25)18-32-19-23-16-24(7-10-26(23)30-32)33-14-11-21-15-22(17-29-27(21)33)28(34)31-12-3-2-4-13-31;1-14-6-9-24(10-7-14)21(27)17-12-16-8-11-25(20(16)23-13-17)18-4-2-15(3-5-18)19(22)26;1-14-5-8-24(9-6-14)21(27)17-11-16-7-10-25(20(16)23-13-17)18-4-2-3-15(12-18)19(22)26;20-17(25)16-5-4-15(12-21-16)24-9-6-13-10-14(11-22-18(13)24)19(26)23-7-2-1-3-8-23/h5-11,14-18H,2-4,12-13,19H2,1H3;5-11,14-17,19H,2-4,12-13,18H2,1H3;2-5,8,11-14H,6-7,9-10H2,1H3,(H2,22,26);2-4,7,10-14H,5-6,8-9H2,1H3,(H2,22,26);4-6,9-12H,1-3,7-8H2,(H2,20,25). The number of amides is 8. The third-order valence-electron chi connectivity index (χ3n) is 28.8. The molecule has 5 saturated heterocycles. The highest BCUT2D eigenvalue weighted by Crippen LogP contribution is 2.33. The van der Waals surface area contributed by atoms with Gasteiger partial charge in [-0.25, -0.2) is 29.9 Å². The fourth-order valence-electron chi connectivity index (χ4n) is 20.1. The van der Waals surface area contributed by atoms with Gasteiger partial charge in [-0.3, -0.25) is 52.3 Å². The number of benzene rings is 6. The number of ether oxygens (including phenoxy) is 2. The Morgan fingerprint density at radius 1 is 0.307 bits per heavy atom. The molecule has 6 N–H and O–H groups in total. The van der Waals surface area contributed by atoms with Gasteiger partial charge in [0.15, 0.2) is 0 Å². The van der Waals surface area contributed by atoms with Crippen LogP contribution in [0.2, 0.25) is 0 Å². The molecule has 33 nitrogen and oxygen atoms in total. The van der Waals surface area contributed by atoms with Gasteiger partial charge in [-0.2, -0.15) is 10.2 Å². The minimum Gasteiger partial charge on any atom is -0.497 e. The van der Waals surface area contributed by atoms with Gasteiger partial charge >= 0.3 is 0 Å². The van der Waals surface area contributed by atoms with Crippen LogP contribution in [0.25, 0.3) is 105 Å². The summed E-state index contributed by atoms with van der Waals surface area (Å²) in [7, 11) is 3.34. The van der Waals surface area contributed by atoms with E-state index in [-0.39, 0.29) is 35.2 Å². The van der Waals surface area contributed by atoms with Crippen molar-refractivity contribution < 1.29 is 47.8 Å². The number of methoxy groups -OCH3 is 2. The van der Waals surface area contributed by atoms with Gasteiger partial charge in [-0.05, 0) is 282 Å². The SMILES string of the molecule is CC1CCN(C(=O)c2cnc3c(ccn3-c3ccc(C(N)=O)cc3)c2)CC1.CC1CCN(C(=O)c2cnc3c(ccn3-c3cccc(C(N)=O)c3)c2)CC1.COc1ccc(Cn2cc3cc(-n4ccc5cc(C(=O)N6CCCCC6)cnc54)ccc3n2)cc1.COc1ccc(Cn2ncc3cc(-n4ccc5cc(C(=O)N6CCCCC6)cnc54)ccc32)cc1.NC(=O)c1ccc(-n2ccc3cc(C(=O)N4CCCCC4)cnc32)cn1. The Morgan fingerprint density at radius 2 is 0.667 bits per heavy atom. The number of hydrogen-bond donors (Lipinski definition) is 3. The van der Waals surface area contributed by atoms with E-state index >= 15 is 0 Å². The topological polar surface area (TPSA) is 387 Å². The van der Waals surface area contributed by atoms with Crippen molar-refractivity contribution >= 4 is 124 Å². The van der Waals surface area contributed by atoms with Gasteiger partial charge in [0.25, 0.3) is 35.4 Å². The second kappa shape index (κ2) is 44.7. The molecule has 5 fully saturated rings. The highest BCUT2D eigenvalue weighted by Gasteiger charge is 2.29. The number of carbonyl (C=O) groups is 8. The first-order valence-electron chi connectivity index (χ1n) is 51.1. The van der Waals surface area contributed by atoms with Crippen molar-refractivity contribution in [3.8, 4) is 39.9 Å². The summed E-state index contributed by atoms with van der Waals surface area (Å²) in [6.45, 7) is 14.0. The molecule has 0 atom stereocenters. The number of nitrogens with zero attached hydrogens (tertiary/aromatic N) is 20. The molecule has 0 spiro atoms. The normalized spacial score (nSPS) is 14.5. The minimum absolute atomic E-state index is 0.0410. The van der Waals surface area contributed by atoms with Gasteiger partial charge < -0.3 is 69.4 Å². The highest BCUT2D eigenvalue weighted by molar-refractivity contribution is 6.02. The Bertz CT molecular complexity index is 8090. The van der Waals surface area contributed by atoms with Crippen molar-refractivity contribution in [2.24, 2.45) is 29.0 Å². The maximum Gasteiger partial charge on any atom is 0.267 e. The van der Waals surface area contributed by atoms with Crippen LogP contribution in [-0.2, 0) is 13.1 Å². The van der Waals surface area contributed by atoms with Crippen LogP contribution < -0.4 is 26.7 Å². The van der Waals surface area contributed by atoms with Crippen LogP contribution in [0, 0.1) is 11.8 Å². The summed E-state index contributed by atoms with van der Waals surface area (Å²) in [4.78, 5) is 134. The molecule has 13 aromatic heterocycles. The van der Waals surface area contributed by atoms with Crippen molar-refractivity contribution in [2.45, 2.75) is 110 Å². The summed E-state index contributed by atoms with van der Waals surface area (Å²) >= 11 is 0. The van der Waals surface area contributed by atoms with Gasteiger partial charge in [0.05, 0.1) is 84.2 Å². The van der Waals surface area contributed by atoms with E-state index < -0.39 is 17.7 Å². The summed E-state index contributed by atoms with van der Waals surface area (Å²) in [6.07, 6.45) is 37.8. The quantitative estimate of drug-likeness (QED) is 0.0677. The molecule has 19 aromatic rings. The van der Waals surface area contributed by atoms with Gasteiger partial charge in [0.2, 0.25) is 11.8 Å². The molecule has 18 heterocycles. The number of primary amides is 3. The Kier molecular flexibility index (Phi) is 29.6. The minimum atomic E-state index is -0.562. The number of aromatic nitrogens is 15. The predicted octanol–water partition coefficient (Wildman–Crippen LogP) is 18.3. The zero-order chi connectivity index (χ0) is 104. The van der Waals surface area contributed by atoms with Crippen LogP contribution in [-0.4, -0.2) is 224 Å². The Balaban J connectivity index is 0.000000114. The van der Waals surface area contributed by atoms with Crippen molar-refractivity contribution in [1.82, 2.24) is 96.8 Å². The molecule has 760 valence electrons. The van der Waals surface area contributed by atoms with Crippen LogP contribution in [0.5, 0.6) is 11.5 Å². The lowest BCUT2D eigenvalue weighted by atomic mass is 9.99. The maximum absolute atomic E-state index is 12.9. The molecule has 5 aliphatic heterocycles. The molecular formula is C117H117N23O10. The van der Waals surface area contributed by atoms with Crippen molar-refractivity contribution in [3.63, 3.8) is 0 Å². The lowest BCUT2D eigenvalue weighted by Crippen LogP contribution is -2.37. The molecule has 0 saturated carbocycles. The second-order valence-electron chi connectivity index (χ2n) is 39.0. The van der Waals surface area contributed by atoms with Crippen molar-refractivity contribution in [1.29, 1.82) is 0 Å². The average Bonchev–Trinajstić information content (AvgIpc) is 1.63. The number of fused-ring (bicyclic) bond motifs is 7. The zero-order valence-corrected chi connectivity index (χ0v) is 84.2. The van der Waals surface area contributed by atoms with E-state index in [1.54, 1.807) is 93.9 Å². The molecule has 33 heteroatoms. The van der Waals surface area contributed by atoms with Crippen molar-refractivity contribution in [3.05, 3.63) is 343 Å². The molecule has 0 radical (unpaired) electrons. The Hall–Kier alpha value is -17.8. The summed E-state index contributed by atoms with van der Waals surface area (Å²) in [5.74, 6) is 1.87. The first-order valence-corrected chi connectivity index (χ1v) is 51.1. The number of pyridine rings is 6. The number of carbonyl (C=O) groups excluding carboxylic acids is 8. The Labute approximate surface area is 865 Å². The monoisotopic (exact) mass is 2000 g/mol. The van der Waals surface area contributed by atoms with Crippen LogP contribution in [0.1, 0.15) is 191 Å². The summed E-state index contributed by atoms with van der Waals surface area (Å²) < 4.78 is 24.3. The number of rotatable bonds is 19. The molecule has 8 amide bonds. The van der Waals surface area contributed by atoms with Gasteiger partial charge in [-0.1, -0.05) is 44.2 Å².